The number of amides is 1. The second kappa shape index (κ2) is 5.92. The third kappa shape index (κ3) is 2.96. The van der Waals surface area contributed by atoms with Crippen molar-refractivity contribution in [3.8, 4) is 0 Å². The van der Waals surface area contributed by atoms with E-state index < -0.39 is 0 Å². The van der Waals surface area contributed by atoms with Gasteiger partial charge in [-0.3, -0.25) is 4.79 Å². The van der Waals surface area contributed by atoms with E-state index in [1.165, 1.54) is 6.26 Å². The van der Waals surface area contributed by atoms with Gasteiger partial charge in [-0.15, -0.1) is 0 Å². The minimum Gasteiger partial charge on any atom is -0.459 e. The molecular weight excluding hydrogens is 290 g/mol. The molecule has 2 aromatic rings. The van der Waals surface area contributed by atoms with E-state index in [1.807, 2.05) is 31.2 Å². The molecule has 1 aliphatic heterocycles. The zero-order valence-corrected chi connectivity index (χ0v) is 12.4. The van der Waals surface area contributed by atoms with Crippen LogP contribution in [0.3, 0.4) is 0 Å². The SMILES string of the molecule is C[C@@H]1CO[C@@H](c2cccc(Cl)c2)CN1C(=O)c1ccco1. The molecule has 110 valence electrons. The summed E-state index contributed by atoms with van der Waals surface area (Å²) in [6, 6.07) is 10.9. The minimum absolute atomic E-state index is 0.0121. The highest BCUT2D eigenvalue weighted by atomic mass is 35.5. The first-order valence-corrected chi connectivity index (χ1v) is 7.24. The summed E-state index contributed by atoms with van der Waals surface area (Å²) in [5, 5.41) is 0.665. The molecule has 0 unspecified atom stereocenters. The first-order valence-electron chi connectivity index (χ1n) is 6.86. The molecule has 1 aromatic heterocycles. The van der Waals surface area contributed by atoms with E-state index in [0.717, 1.165) is 5.56 Å². The maximum atomic E-state index is 12.5. The van der Waals surface area contributed by atoms with Crippen LogP contribution in [0.15, 0.2) is 47.1 Å². The Labute approximate surface area is 128 Å². The van der Waals surface area contributed by atoms with Crippen LogP contribution in [-0.4, -0.2) is 30.0 Å². The number of rotatable bonds is 2. The lowest BCUT2D eigenvalue weighted by Crippen LogP contribution is -2.48. The van der Waals surface area contributed by atoms with Crippen LogP contribution in [0.5, 0.6) is 0 Å². The molecule has 0 N–H and O–H groups in total. The number of benzene rings is 1. The molecular formula is C16H16ClNO3. The predicted octanol–water partition coefficient (Wildman–Crippen LogP) is 3.54. The van der Waals surface area contributed by atoms with Crippen molar-refractivity contribution in [1.29, 1.82) is 0 Å². The maximum Gasteiger partial charge on any atom is 0.289 e. The van der Waals surface area contributed by atoms with Gasteiger partial charge in [-0.25, -0.2) is 0 Å². The van der Waals surface area contributed by atoms with Gasteiger partial charge in [0.1, 0.15) is 6.10 Å². The Morgan fingerprint density at radius 2 is 2.19 bits per heavy atom. The molecule has 0 radical (unpaired) electrons. The number of furan rings is 1. The first kappa shape index (κ1) is 14.2. The van der Waals surface area contributed by atoms with Gasteiger partial charge in [0.15, 0.2) is 5.76 Å². The normalized spacial score (nSPS) is 22.3. The monoisotopic (exact) mass is 305 g/mol. The quantitative estimate of drug-likeness (QED) is 0.852. The van der Waals surface area contributed by atoms with Gasteiger partial charge in [-0.2, -0.15) is 0 Å². The molecule has 0 saturated carbocycles. The van der Waals surface area contributed by atoms with Crippen molar-refractivity contribution in [2.24, 2.45) is 0 Å². The fourth-order valence-electron chi connectivity index (χ4n) is 2.49. The highest BCUT2D eigenvalue weighted by Crippen LogP contribution is 2.27. The van der Waals surface area contributed by atoms with Crippen LogP contribution in [0, 0.1) is 0 Å². The second-order valence-corrected chi connectivity index (χ2v) is 5.60. The Hall–Kier alpha value is -1.78. The molecule has 2 heterocycles. The Morgan fingerprint density at radius 1 is 1.33 bits per heavy atom. The molecule has 1 amide bonds. The number of carbonyl (C=O) groups excluding carboxylic acids is 1. The lowest BCUT2D eigenvalue weighted by Gasteiger charge is -2.37. The predicted molar refractivity (Wildman–Crippen MR) is 79.4 cm³/mol. The third-order valence-corrected chi connectivity index (χ3v) is 3.88. The summed E-state index contributed by atoms with van der Waals surface area (Å²) >= 11 is 6.02. The highest BCUT2D eigenvalue weighted by Gasteiger charge is 2.32. The fraction of sp³-hybridized carbons (Fsp3) is 0.312. The summed E-state index contributed by atoms with van der Waals surface area (Å²) < 4.78 is 11.0. The smallest absolute Gasteiger partial charge is 0.289 e. The maximum absolute atomic E-state index is 12.5. The molecule has 5 heteroatoms. The van der Waals surface area contributed by atoms with Gasteiger partial charge in [0.05, 0.1) is 25.5 Å². The van der Waals surface area contributed by atoms with E-state index in [-0.39, 0.29) is 18.1 Å². The third-order valence-electron chi connectivity index (χ3n) is 3.65. The summed E-state index contributed by atoms with van der Waals surface area (Å²) in [4.78, 5) is 14.3. The van der Waals surface area contributed by atoms with Crippen LogP contribution < -0.4 is 0 Å². The van der Waals surface area contributed by atoms with Gasteiger partial charge in [-0.05, 0) is 36.8 Å². The van der Waals surface area contributed by atoms with E-state index in [1.54, 1.807) is 17.0 Å². The van der Waals surface area contributed by atoms with Crippen LogP contribution in [0.4, 0.5) is 0 Å². The zero-order valence-electron chi connectivity index (χ0n) is 11.7. The topological polar surface area (TPSA) is 42.7 Å². The number of morpholine rings is 1. The van der Waals surface area contributed by atoms with E-state index in [9.17, 15) is 4.79 Å². The van der Waals surface area contributed by atoms with E-state index in [4.69, 9.17) is 20.8 Å². The summed E-state index contributed by atoms with van der Waals surface area (Å²) in [5.74, 6) is 0.247. The van der Waals surface area contributed by atoms with E-state index in [0.29, 0.717) is 23.9 Å². The molecule has 0 bridgehead atoms. The van der Waals surface area contributed by atoms with Crippen LogP contribution in [0.1, 0.15) is 29.1 Å². The molecule has 1 aliphatic rings. The van der Waals surface area contributed by atoms with Crippen molar-refractivity contribution in [2.75, 3.05) is 13.2 Å². The average Bonchev–Trinajstić information content (AvgIpc) is 3.01. The van der Waals surface area contributed by atoms with Crippen LogP contribution in [-0.2, 0) is 4.74 Å². The lowest BCUT2D eigenvalue weighted by atomic mass is 10.1. The second-order valence-electron chi connectivity index (χ2n) is 5.16. The van der Waals surface area contributed by atoms with Gasteiger partial charge in [0.25, 0.3) is 5.91 Å². The van der Waals surface area contributed by atoms with Crippen molar-refractivity contribution in [2.45, 2.75) is 19.1 Å². The molecule has 0 aliphatic carbocycles. The van der Waals surface area contributed by atoms with Crippen molar-refractivity contribution in [1.82, 2.24) is 4.90 Å². The number of ether oxygens (including phenoxy) is 1. The summed E-state index contributed by atoms with van der Waals surface area (Å²) in [5.41, 5.74) is 0.978. The molecule has 2 atom stereocenters. The number of carbonyl (C=O) groups is 1. The van der Waals surface area contributed by atoms with Crippen molar-refractivity contribution in [3.63, 3.8) is 0 Å². The van der Waals surface area contributed by atoms with Crippen LogP contribution in [0.25, 0.3) is 0 Å². The van der Waals surface area contributed by atoms with Crippen molar-refractivity contribution >= 4 is 17.5 Å². The summed E-state index contributed by atoms with van der Waals surface area (Å²) in [7, 11) is 0. The van der Waals surface area contributed by atoms with Crippen molar-refractivity contribution in [3.05, 3.63) is 59.0 Å². The number of hydrogen-bond donors (Lipinski definition) is 0. The number of hydrogen-bond acceptors (Lipinski definition) is 3. The Morgan fingerprint density at radius 3 is 2.90 bits per heavy atom. The largest absolute Gasteiger partial charge is 0.459 e. The Balaban J connectivity index is 1.80. The average molecular weight is 306 g/mol. The molecule has 21 heavy (non-hydrogen) atoms. The van der Waals surface area contributed by atoms with Gasteiger partial charge in [0.2, 0.25) is 0 Å². The number of halogens is 1. The molecule has 1 aromatic carbocycles. The van der Waals surface area contributed by atoms with Crippen LogP contribution in [0.2, 0.25) is 5.02 Å². The number of nitrogens with zero attached hydrogens (tertiary/aromatic N) is 1. The summed E-state index contributed by atoms with van der Waals surface area (Å²) in [6.07, 6.45) is 1.34. The molecule has 1 fully saturated rings. The highest BCUT2D eigenvalue weighted by molar-refractivity contribution is 6.30. The van der Waals surface area contributed by atoms with E-state index in [2.05, 4.69) is 0 Å². The Bertz CT molecular complexity index is 626. The fourth-order valence-corrected chi connectivity index (χ4v) is 2.69. The molecule has 4 nitrogen and oxygen atoms in total. The zero-order chi connectivity index (χ0) is 14.8. The Kier molecular flexibility index (Phi) is 3.99. The molecule has 1 saturated heterocycles. The molecule has 3 rings (SSSR count). The van der Waals surface area contributed by atoms with Gasteiger partial charge < -0.3 is 14.1 Å². The van der Waals surface area contributed by atoms with Gasteiger partial charge in [-0.1, -0.05) is 23.7 Å². The molecule has 0 spiro atoms. The van der Waals surface area contributed by atoms with Gasteiger partial charge >= 0.3 is 0 Å². The lowest BCUT2D eigenvalue weighted by molar-refractivity contribution is -0.0495. The minimum atomic E-state index is -0.168. The van der Waals surface area contributed by atoms with Crippen molar-refractivity contribution < 1.29 is 13.9 Å². The van der Waals surface area contributed by atoms with Gasteiger partial charge in [0, 0.05) is 5.02 Å². The van der Waals surface area contributed by atoms with E-state index >= 15 is 0 Å². The standard InChI is InChI=1S/C16H16ClNO3/c1-11-10-21-15(12-4-2-5-13(17)8-12)9-18(11)16(19)14-6-3-7-20-14/h2-8,11,15H,9-10H2,1H3/t11-,15-/m1/s1. The van der Waals surface area contributed by atoms with Crippen LogP contribution >= 0.6 is 11.6 Å². The summed E-state index contributed by atoms with van der Waals surface area (Å²) in [6.45, 7) is 2.94. The first-order chi connectivity index (χ1) is 10.1.